The zero-order valence-electron chi connectivity index (χ0n) is 13.3. The van der Waals surface area contributed by atoms with Crippen LogP contribution in [0, 0.1) is 5.41 Å². The first-order valence-electron chi connectivity index (χ1n) is 8.68. The normalized spacial score (nSPS) is 31.4. The van der Waals surface area contributed by atoms with Crippen LogP contribution in [-0.4, -0.2) is 46.9 Å². The molecular formula is C17H26N2O2S. The Balaban J connectivity index is 1.33. The smallest absolute Gasteiger partial charge is 0.0959 e. The number of thiazole rings is 1. The molecule has 122 valence electrons. The highest BCUT2D eigenvalue weighted by Gasteiger charge is 2.55. The van der Waals surface area contributed by atoms with E-state index in [1.54, 1.807) is 0 Å². The lowest BCUT2D eigenvalue weighted by Gasteiger charge is -2.56. The molecule has 2 atom stereocenters. The molecule has 0 bridgehead atoms. The predicted octanol–water partition coefficient (Wildman–Crippen LogP) is 2.77. The van der Waals surface area contributed by atoms with Gasteiger partial charge in [0.05, 0.1) is 17.2 Å². The van der Waals surface area contributed by atoms with E-state index in [0.717, 1.165) is 51.4 Å². The zero-order chi connectivity index (χ0) is 15.2. The van der Waals surface area contributed by atoms with Crippen LogP contribution in [0.1, 0.15) is 54.8 Å². The second-order valence-electron chi connectivity index (χ2n) is 7.14. The van der Waals surface area contributed by atoms with Gasteiger partial charge in [-0.15, -0.1) is 11.3 Å². The quantitative estimate of drug-likeness (QED) is 0.905. The lowest BCUT2D eigenvalue weighted by Crippen LogP contribution is -2.62. The highest BCUT2D eigenvalue weighted by molar-refractivity contribution is 7.11. The summed E-state index contributed by atoms with van der Waals surface area (Å²) in [6.07, 6.45) is 7.80. The summed E-state index contributed by atoms with van der Waals surface area (Å²) in [5.41, 5.74) is 0.0411. The molecule has 0 aromatic carbocycles. The maximum absolute atomic E-state index is 10.3. The number of nitrogens with zero attached hydrogens (tertiary/aromatic N) is 2. The minimum atomic E-state index is -0.156. The van der Waals surface area contributed by atoms with Gasteiger partial charge >= 0.3 is 0 Å². The SMILES string of the molecule is CCOC1CC(O)C12CCN(Cc1cnc(C3CC3)s1)CC2. The van der Waals surface area contributed by atoms with E-state index < -0.39 is 0 Å². The summed E-state index contributed by atoms with van der Waals surface area (Å²) in [5, 5.41) is 11.6. The monoisotopic (exact) mass is 322 g/mol. The lowest BCUT2D eigenvalue weighted by atomic mass is 9.58. The Morgan fingerprint density at radius 3 is 2.82 bits per heavy atom. The highest BCUT2D eigenvalue weighted by Crippen LogP contribution is 2.51. The zero-order valence-corrected chi connectivity index (χ0v) is 14.1. The standard InChI is InChI=1S/C17H26N2O2S/c1-2-21-15-9-14(20)17(15)5-7-19(8-6-17)11-13-10-18-16(22-13)12-3-4-12/h10,12,14-15,20H,2-9,11H2,1H3. The van der Waals surface area contributed by atoms with Crippen molar-refractivity contribution in [2.75, 3.05) is 19.7 Å². The van der Waals surface area contributed by atoms with Gasteiger partial charge in [-0.1, -0.05) is 0 Å². The molecule has 3 fully saturated rings. The maximum atomic E-state index is 10.3. The molecule has 1 aliphatic heterocycles. The van der Waals surface area contributed by atoms with Gasteiger partial charge in [0.15, 0.2) is 0 Å². The van der Waals surface area contributed by atoms with E-state index >= 15 is 0 Å². The summed E-state index contributed by atoms with van der Waals surface area (Å²) in [7, 11) is 0. The van der Waals surface area contributed by atoms with Crippen molar-refractivity contribution in [1.29, 1.82) is 0 Å². The second-order valence-corrected chi connectivity index (χ2v) is 8.29. The van der Waals surface area contributed by atoms with Crippen LogP contribution in [-0.2, 0) is 11.3 Å². The van der Waals surface area contributed by atoms with E-state index in [-0.39, 0.29) is 17.6 Å². The van der Waals surface area contributed by atoms with E-state index in [2.05, 4.69) is 23.0 Å². The van der Waals surface area contributed by atoms with Gasteiger partial charge in [-0.3, -0.25) is 4.90 Å². The number of aromatic nitrogens is 1. The predicted molar refractivity (Wildman–Crippen MR) is 87.1 cm³/mol. The van der Waals surface area contributed by atoms with Crippen LogP contribution in [0.2, 0.25) is 0 Å². The minimum absolute atomic E-state index is 0.0411. The summed E-state index contributed by atoms with van der Waals surface area (Å²) in [5.74, 6) is 0.764. The van der Waals surface area contributed by atoms with Gasteiger partial charge in [0.2, 0.25) is 0 Å². The number of aliphatic hydroxyl groups is 1. The van der Waals surface area contributed by atoms with Gasteiger partial charge < -0.3 is 9.84 Å². The molecular weight excluding hydrogens is 296 g/mol. The third kappa shape index (κ3) is 2.62. The first kappa shape index (κ1) is 15.1. The van der Waals surface area contributed by atoms with Crippen LogP contribution in [0.4, 0.5) is 0 Å². The molecule has 5 heteroatoms. The topological polar surface area (TPSA) is 45.6 Å². The second kappa shape index (κ2) is 5.86. The van der Waals surface area contributed by atoms with Gasteiger partial charge in [-0.05, 0) is 45.7 Å². The molecule has 2 aliphatic carbocycles. The van der Waals surface area contributed by atoms with Crippen LogP contribution >= 0.6 is 11.3 Å². The van der Waals surface area contributed by atoms with Crippen LogP contribution in [0.25, 0.3) is 0 Å². The van der Waals surface area contributed by atoms with Crippen LogP contribution < -0.4 is 0 Å². The summed E-state index contributed by atoms with van der Waals surface area (Å²) >= 11 is 1.90. The summed E-state index contributed by atoms with van der Waals surface area (Å²) in [6.45, 7) is 5.97. The highest BCUT2D eigenvalue weighted by atomic mass is 32.1. The number of hydrogen-bond acceptors (Lipinski definition) is 5. The van der Waals surface area contributed by atoms with Crippen molar-refractivity contribution in [2.24, 2.45) is 5.41 Å². The van der Waals surface area contributed by atoms with Crippen LogP contribution in [0.5, 0.6) is 0 Å². The number of likely N-dealkylation sites (tertiary alicyclic amines) is 1. The Morgan fingerprint density at radius 1 is 1.41 bits per heavy atom. The molecule has 0 amide bonds. The molecule has 1 aromatic rings. The first-order valence-corrected chi connectivity index (χ1v) is 9.49. The molecule has 1 saturated heterocycles. The fraction of sp³-hybridized carbons (Fsp3) is 0.824. The van der Waals surface area contributed by atoms with Crippen molar-refractivity contribution in [3.8, 4) is 0 Å². The third-order valence-corrected chi connectivity index (χ3v) is 6.92. The van der Waals surface area contributed by atoms with E-state index in [9.17, 15) is 5.11 Å². The molecule has 2 heterocycles. The van der Waals surface area contributed by atoms with Gasteiger partial charge in [-0.25, -0.2) is 4.98 Å². The largest absolute Gasteiger partial charge is 0.392 e. The number of rotatable bonds is 5. The van der Waals surface area contributed by atoms with E-state index in [1.807, 2.05) is 11.3 Å². The molecule has 22 heavy (non-hydrogen) atoms. The first-order chi connectivity index (χ1) is 10.7. The molecule has 1 N–H and O–H groups in total. The molecule has 4 rings (SSSR count). The average molecular weight is 322 g/mol. The number of ether oxygens (including phenoxy) is 1. The van der Waals surface area contributed by atoms with Gasteiger partial charge in [-0.2, -0.15) is 0 Å². The Labute approximate surface area is 136 Å². The average Bonchev–Trinajstić information content (AvgIpc) is 3.28. The molecule has 2 unspecified atom stereocenters. The maximum Gasteiger partial charge on any atom is 0.0959 e. The van der Waals surface area contributed by atoms with Crippen molar-refractivity contribution in [1.82, 2.24) is 9.88 Å². The molecule has 1 spiro atoms. The van der Waals surface area contributed by atoms with Crippen molar-refractivity contribution in [3.63, 3.8) is 0 Å². The van der Waals surface area contributed by atoms with Gasteiger partial charge in [0, 0.05) is 42.0 Å². The fourth-order valence-electron chi connectivity index (χ4n) is 4.08. The van der Waals surface area contributed by atoms with E-state index in [0.29, 0.717) is 0 Å². The summed E-state index contributed by atoms with van der Waals surface area (Å²) in [4.78, 5) is 8.49. The van der Waals surface area contributed by atoms with Gasteiger partial charge in [0.25, 0.3) is 0 Å². The number of hydrogen-bond donors (Lipinski definition) is 1. The van der Waals surface area contributed by atoms with Crippen LogP contribution in [0.3, 0.4) is 0 Å². The van der Waals surface area contributed by atoms with E-state index in [4.69, 9.17) is 4.74 Å². The lowest BCUT2D eigenvalue weighted by molar-refractivity contribution is -0.209. The summed E-state index contributed by atoms with van der Waals surface area (Å²) < 4.78 is 5.85. The van der Waals surface area contributed by atoms with Crippen LogP contribution in [0.15, 0.2) is 6.20 Å². The minimum Gasteiger partial charge on any atom is -0.392 e. The Bertz CT molecular complexity index is 518. The fourth-order valence-corrected chi connectivity index (χ4v) is 5.21. The molecule has 4 nitrogen and oxygen atoms in total. The third-order valence-electron chi connectivity index (χ3n) is 5.77. The number of piperidine rings is 1. The van der Waals surface area contributed by atoms with Crippen molar-refractivity contribution < 1.29 is 9.84 Å². The van der Waals surface area contributed by atoms with Crippen molar-refractivity contribution in [3.05, 3.63) is 16.1 Å². The Morgan fingerprint density at radius 2 is 2.18 bits per heavy atom. The van der Waals surface area contributed by atoms with Crippen molar-refractivity contribution >= 4 is 11.3 Å². The van der Waals surface area contributed by atoms with Crippen molar-refractivity contribution in [2.45, 2.75) is 63.7 Å². The van der Waals surface area contributed by atoms with Gasteiger partial charge in [0.1, 0.15) is 0 Å². The molecule has 1 aromatic heterocycles. The number of aliphatic hydroxyl groups excluding tert-OH is 1. The Kier molecular flexibility index (Phi) is 4.01. The molecule has 2 saturated carbocycles. The van der Waals surface area contributed by atoms with E-state index in [1.165, 1.54) is 22.7 Å². The Hall–Kier alpha value is -0.490. The molecule has 3 aliphatic rings. The molecule has 0 radical (unpaired) electrons. The summed E-state index contributed by atoms with van der Waals surface area (Å²) in [6, 6.07) is 0.